The zero-order valence-corrected chi connectivity index (χ0v) is 47.9. The lowest BCUT2D eigenvalue weighted by Gasteiger charge is -2.28. The molecule has 5 N–H and O–H groups in total. The molecule has 0 saturated heterocycles. The second-order valence-electron chi connectivity index (χ2n) is 17.2. The Labute approximate surface area is 430 Å². The summed E-state index contributed by atoms with van der Waals surface area (Å²) in [5, 5.41) is 15.3. The predicted octanol–water partition coefficient (Wildman–Crippen LogP) is 15.9. The predicted molar refractivity (Wildman–Crippen MR) is 311 cm³/mol. The summed E-state index contributed by atoms with van der Waals surface area (Å²) in [5.74, 6) is 1.82. The third-order valence-corrected chi connectivity index (χ3v) is 9.58. The maximum atomic E-state index is 11.8. The van der Waals surface area contributed by atoms with E-state index in [4.69, 9.17) is 4.74 Å². The van der Waals surface area contributed by atoms with E-state index in [0.717, 1.165) is 89.9 Å². The SMILES string of the molecule is C=C(NCCCCCCN(C)C(=O)CCCCC)OCC.C=CC=C.C=CC=C.C=CNCCCCCC(C)C.C=CNCCCCCCC(C)(C)NC(=C)CCC.CC.CCCCOC(=O)NC. The van der Waals surface area contributed by atoms with Gasteiger partial charge in [0.2, 0.25) is 5.91 Å². The van der Waals surface area contributed by atoms with E-state index in [0.29, 0.717) is 25.5 Å². The number of hydrogen-bond donors (Lipinski definition) is 5. The van der Waals surface area contributed by atoms with Crippen LogP contribution in [0.4, 0.5) is 4.79 Å². The van der Waals surface area contributed by atoms with E-state index in [1.165, 1.54) is 76.3 Å². The van der Waals surface area contributed by atoms with Crippen LogP contribution in [0, 0.1) is 5.92 Å². The van der Waals surface area contributed by atoms with E-state index in [1.807, 2.05) is 39.6 Å². The summed E-state index contributed by atoms with van der Waals surface area (Å²) in [7, 11) is 3.47. The van der Waals surface area contributed by atoms with Crippen molar-refractivity contribution < 1.29 is 19.1 Å². The first kappa shape index (κ1) is 78.8. The first-order chi connectivity index (χ1) is 33.0. The van der Waals surface area contributed by atoms with Gasteiger partial charge < -0.3 is 41.0 Å². The lowest BCUT2D eigenvalue weighted by molar-refractivity contribution is -0.130. The van der Waals surface area contributed by atoms with E-state index >= 15 is 0 Å². The summed E-state index contributed by atoms with van der Waals surface area (Å²) in [4.78, 5) is 24.0. The van der Waals surface area contributed by atoms with Gasteiger partial charge in [-0.25, -0.2) is 4.79 Å². The molecule has 0 rings (SSSR count). The zero-order valence-electron chi connectivity index (χ0n) is 47.9. The smallest absolute Gasteiger partial charge is 0.406 e. The molecule has 408 valence electrons. The van der Waals surface area contributed by atoms with Crippen molar-refractivity contribution in [2.45, 2.75) is 210 Å². The minimum Gasteiger partial charge on any atom is -0.480 e. The number of alkyl carbamates (subject to hydrolysis) is 1. The monoisotopic (exact) mass is 975 g/mol. The number of ether oxygens (including phenoxy) is 2. The summed E-state index contributed by atoms with van der Waals surface area (Å²) in [5.41, 5.74) is 1.36. The summed E-state index contributed by atoms with van der Waals surface area (Å²) in [6, 6.07) is 0. The molecule has 0 bridgehead atoms. The maximum absolute atomic E-state index is 11.8. The van der Waals surface area contributed by atoms with Crippen LogP contribution in [0.1, 0.15) is 204 Å². The maximum Gasteiger partial charge on any atom is 0.406 e. The number of carbonyl (C=O) groups is 2. The van der Waals surface area contributed by atoms with Crippen LogP contribution in [0.3, 0.4) is 0 Å². The van der Waals surface area contributed by atoms with Crippen LogP contribution < -0.4 is 26.6 Å². The molecular weight excluding hydrogens is 857 g/mol. The molecule has 0 aliphatic carbocycles. The average molecular weight is 976 g/mol. The van der Waals surface area contributed by atoms with Crippen LogP contribution in [0.25, 0.3) is 0 Å². The van der Waals surface area contributed by atoms with Crippen molar-refractivity contribution >= 4 is 12.0 Å². The van der Waals surface area contributed by atoms with E-state index < -0.39 is 0 Å². The summed E-state index contributed by atoms with van der Waals surface area (Å²) in [6.07, 6.45) is 34.3. The van der Waals surface area contributed by atoms with Crippen LogP contribution in [-0.4, -0.2) is 75.9 Å². The van der Waals surface area contributed by atoms with Gasteiger partial charge in [-0.3, -0.25) is 4.79 Å². The fourth-order valence-corrected chi connectivity index (χ4v) is 5.72. The molecule has 0 aliphatic rings. The highest BCUT2D eigenvalue weighted by Crippen LogP contribution is 2.17. The van der Waals surface area contributed by atoms with E-state index in [-0.39, 0.29) is 17.5 Å². The minimum absolute atomic E-state index is 0.186. The van der Waals surface area contributed by atoms with Gasteiger partial charge in [-0.15, -0.1) is 0 Å². The lowest BCUT2D eigenvalue weighted by Crippen LogP contribution is -2.38. The molecule has 0 radical (unpaired) electrons. The number of carbonyl (C=O) groups excluding carboxylic acids is 2. The molecule has 0 heterocycles. The molecule has 10 nitrogen and oxygen atoms in total. The van der Waals surface area contributed by atoms with Gasteiger partial charge in [0.1, 0.15) is 0 Å². The fraction of sp³-hybridized carbons (Fsp3) is 0.695. The van der Waals surface area contributed by atoms with Gasteiger partial charge in [0.25, 0.3) is 0 Å². The standard InChI is InChI=1S/C17H34N2O2.C16H32N2.C10H21N.C6H13NO2.2C4H6.C2H6/c1-5-7-10-13-17(20)19(4)15-12-9-8-11-14-18-16(3)21-6-2;1-6-12-15(3)18-16(4,5)13-10-8-9-11-14-17-7-2;1-4-11-9-7-5-6-8-10(2)3;1-3-4-5-9-6(8)7-2;2*1-3-4-2;1-2/h18H,3,5-15H2,1-2,4H3;7,17-18H,2-3,6,8-14H2,1,4-5H3;4,10-11H,1,5-9H2,2-3H3;3-5H2,1-2H3,(H,7,8);2*3-4H,1-2H2;1-2H3. The van der Waals surface area contributed by atoms with Gasteiger partial charge in [-0.05, 0) is 97.0 Å². The molecule has 0 aromatic heterocycles. The number of rotatable bonds is 38. The molecule has 69 heavy (non-hydrogen) atoms. The molecule has 0 saturated carbocycles. The Hall–Kier alpha value is -4.34. The molecule has 0 unspecified atom stereocenters. The summed E-state index contributed by atoms with van der Waals surface area (Å²) >= 11 is 0. The number of allylic oxidation sites excluding steroid dienone is 5. The zero-order chi connectivity index (χ0) is 54.2. The van der Waals surface area contributed by atoms with Crippen molar-refractivity contribution in [1.29, 1.82) is 0 Å². The van der Waals surface area contributed by atoms with E-state index in [9.17, 15) is 9.59 Å². The van der Waals surface area contributed by atoms with Crippen LogP contribution >= 0.6 is 0 Å². The van der Waals surface area contributed by atoms with Crippen molar-refractivity contribution in [3.05, 3.63) is 101 Å². The molecule has 0 aromatic carbocycles. The Bertz CT molecular complexity index is 1130. The molecule has 0 atom stereocenters. The van der Waals surface area contributed by atoms with Gasteiger partial charge in [0, 0.05) is 57.9 Å². The van der Waals surface area contributed by atoms with Crippen LogP contribution in [0.2, 0.25) is 0 Å². The molecule has 0 aromatic rings. The van der Waals surface area contributed by atoms with Crippen LogP contribution in [-0.2, 0) is 14.3 Å². The second-order valence-corrected chi connectivity index (χ2v) is 17.2. The molecule has 0 aliphatic heterocycles. The first-order valence-electron chi connectivity index (χ1n) is 26.8. The van der Waals surface area contributed by atoms with E-state index in [1.54, 1.807) is 43.8 Å². The number of amides is 2. The Kier molecular flexibility index (Phi) is 80.2. The third-order valence-electron chi connectivity index (χ3n) is 9.58. The number of hydrogen-bond acceptors (Lipinski definition) is 8. The molecular formula is C59H118N6O4. The molecule has 10 heteroatoms. The normalized spacial score (nSPS) is 9.41. The average Bonchev–Trinajstić information content (AvgIpc) is 3.33. The van der Waals surface area contributed by atoms with Crippen molar-refractivity contribution in [3.8, 4) is 0 Å². The van der Waals surface area contributed by atoms with Gasteiger partial charge >= 0.3 is 6.09 Å². The number of nitrogens with one attached hydrogen (secondary N) is 5. The molecule has 0 spiro atoms. The quantitative estimate of drug-likeness (QED) is 0.0236. The van der Waals surface area contributed by atoms with Crippen molar-refractivity contribution in [2.24, 2.45) is 5.92 Å². The summed E-state index contributed by atoms with van der Waals surface area (Å²) in [6.45, 7) is 55.1. The Morgan fingerprint density at radius 1 is 0.623 bits per heavy atom. The van der Waals surface area contributed by atoms with Crippen molar-refractivity contribution in [3.63, 3.8) is 0 Å². The fourth-order valence-electron chi connectivity index (χ4n) is 5.72. The topological polar surface area (TPSA) is 116 Å². The van der Waals surface area contributed by atoms with E-state index in [2.05, 4.69) is 125 Å². The number of unbranched alkanes of at least 4 members (excludes halogenated alkanes) is 11. The highest BCUT2D eigenvalue weighted by atomic mass is 16.5. The minimum atomic E-state index is -0.344. The van der Waals surface area contributed by atoms with Crippen molar-refractivity contribution in [2.75, 3.05) is 53.5 Å². The Morgan fingerprint density at radius 2 is 1.12 bits per heavy atom. The van der Waals surface area contributed by atoms with Gasteiger partial charge in [-0.2, -0.15) is 0 Å². The van der Waals surface area contributed by atoms with Crippen LogP contribution in [0.5, 0.6) is 0 Å². The summed E-state index contributed by atoms with van der Waals surface area (Å²) < 4.78 is 9.90. The van der Waals surface area contributed by atoms with Gasteiger partial charge in [0.15, 0.2) is 5.88 Å². The van der Waals surface area contributed by atoms with Gasteiger partial charge in [0.05, 0.1) is 13.2 Å². The Morgan fingerprint density at radius 3 is 1.57 bits per heavy atom. The number of nitrogens with zero attached hydrogens (tertiary/aromatic N) is 1. The highest BCUT2D eigenvalue weighted by Gasteiger charge is 2.16. The second kappa shape index (κ2) is 70.2. The third kappa shape index (κ3) is 87.3. The highest BCUT2D eigenvalue weighted by molar-refractivity contribution is 5.75. The molecule has 2 amide bonds. The van der Waals surface area contributed by atoms with Gasteiger partial charge in [-0.1, -0.05) is 196 Å². The largest absolute Gasteiger partial charge is 0.480 e. The van der Waals surface area contributed by atoms with Crippen molar-refractivity contribution in [1.82, 2.24) is 31.5 Å². The Balaban J connectivity index is -0.000000144. The van der Waals surface area contributed by atoms with Crippen LogP contribution in [0.15, 0.2) is 101 Å². The first-order valence-corrected chi connectivity index (χ1v) is 26.8. The lowest BCUT2D eigenvalue weighted by atomic mass is 9.95. The molecule has 0 fully saturated rings.